The van der Waals surface area contributed by atoms with Crippen molar-refractivity contribution in [3.63, 3.8) is 0 Å². The van der Waals surface area contributed by atoms with Gasteiger partial charge < -0.3 is 28.4 Å². The average Bonchev–Trinajstić information content (AvgIpc) is 2.91. The zero-order valence-electron chi connectivity index (χ0n) is 22.8. The molecule has 0 aliphatic carbocycles. The van der Waals surface area contributed by atoms with E-state index in [0.29, 0.717) is 17.9 Å². The van der Waals surface area contributed by atoms with Crippen LogP contribution in [0.2, 0.25) is 0 Å². The summed E-state index contributed by atoms with van der Waals surface area (Å²) in [5.74, 6) is -0.626. The first-order valence-electron chi connectivity index (χ1n) is 12.7. The van der Waals surface area contributed by atoms with Crippen LogP contribution in [0.5, 0.6) is 5.75 Å². The summed E-state index contributed by atoms with van der Waals surface area (Å²) in [5, 5.41) is 2.62. The zero-order valence-corrected chi connectivity index (χ0v) is 22.8. The Morgan fingerprint density at radius 3 is 1.98 bits per heavy atom. The Balaban J connectivity index is 1.57. The average molecular weight is 590 g/mol. The first-order chi connectivity index (χ1) is 19.4. The zero-order chi connectivity index (χ0) is 30.2. The minimum atomic E-state index is -5.82. The molecule has 41 heavy (non-hydrogen) atoms. The van der Waals surface area contributed by atoms with Gasteiger partial charge in [0, 0.05) is 26.5 Å². The Kier molecular flexibility index (Phi) is 11.1. The van der Waals surface area contributed by atoms with Crippen LogP contribution in [-0.2, 0) is 23.7 Å². The fraction of sp³-hybridized carbons (Fsp3) is 0.464. The van der Waals surface area contributed by atoms with Gasteiger partial charge in [0.2, 0.25) is 6.29 Å². The normalized spacial score (nSPS) is 23.4. The van der Waals surface area contributed by atoms with Gasteiger partial charge in [-0.15, -0.1) is 0 Å². The third-order valence-electron chi connectivity index (χ3n) is 6.09. The number of anilines is 1. The van der Waals surface area contributed by atoms with E-state index in [9.17, 15) is 26.7 Å². The molecule has 8 nitrogen and oxygen atoms in total. The quantitative estimate of drug-likeness (QED) is 0.236. The summed E-state index contributed by atoms with van der Waals surface area (Å²) >= 11 is 0. The predicted molar refractivity (Wildman–Crippen MR) is 140 cm³/mol. The molecule has 0 aromatic heterocycles. The lowest BCUT2D eigenvalue weighted by molar-refractivity contribution is -0.360. The molecule has 226 valence electrons. The molecule has 1 fully saturated rings. The van der Waals surface area contributed by atoms with Crippen molar-refractivity contribution in [2.75, 3.05) is 26.1 Å². The summed E-state index contributed by atoms with van der Waals surface area (Å²) in [5.41, 5.74) is 1.69. The number of ether oxygens (including phenoxy) is 6. The van der Waals surface area contributed by atoms with E-state index in [-0.39, 0.29) is 0 Å². The maximum Gasteiger partial charge on any atom is 0.499 e. The van der Waals surface area contributed by atoms with E-state index in [2.05, 4.69) is 10.1 Å². The van der Waals surface area contributed by atoms with Crippen LogP contribution in [0.25, 0.3) is 12.2 Å². The third kappa shape index (κ3) is 8.62. The molecule has 1 N–H and O–H groups in total. The second kappa shape index (κ2) is 14.1. The van der Waals surface area contributed by atoms with E-state index in [4.69, 9.17) is 23.7 Å². The number of carbonyl (C=O) groups is 1. The Morgan fingerprint density at radius 2 is 1.46 bits per heavy atom. The Hall–Kier alpha value is -3.26. The molecule has 0 radical (unpaired) electrons. The molecule has 1 aliphatic heterocycles. The maximum atomic E-state index is 13.0. The monoisotopic (exact) mass is 589 g/mol. The lowest BCUT2D eigenvalue weighted by atomic mass is 9.99. The highest BCUT2D eigenvalue weighted by Gasteiger charge is 2.61. The van der Waals surface area contributed by atoms with Gasteiger partial charge in [-0.3, -0.25) is 5.32 Å². The van der Waals surface area contributed by atoms with Gasteiger partial charge in [0.15, 0.2) is 0 Å². The van der Waals surface area contributed by atoms with Crippen molar-refractivity contribution < 1.29 is 55.2 Å². The van der Waals surface area contributed by atoms with Crippen molar-refractivity contribution in [2.24, 2.45) is 0 Å². The Labute approximate surface area is 234 Å². The lowest BCUT2D eigenvalue weighted by Gasteiger charge is -2.43. The van der Waals surface area contributed by atoms with Crippen LogP contribution < -0.4 is 10.1 Å². The number of nitrogens with one attached hydrogen (secondary N) is 1. The first kappa shape index (κ1) is 32.3. The number of benzene rings is 2. The van der Waals surface area contributed by atoms with Gasteiger partial charge in [-0.2, -0.15) is 22.0 Å². The van der Waals surface area contributed by atoms with Crippen LogP contribution in [0.1, 0.15) is 31.4 Å². The molecule has 1 heterocycles. The van der Waals surface area contributed by atoms with Gasteiger partial charge in [0.05, 0.1) is 6.10 Å². The van der Waals surface area contributed by atoms with E-state index in [0.717, 1.165) is 24.1 Å². The topological polar surface area (TPSA) is 84.5 Å². The lowest BCUT2D eigenvalue weighted by Crippen LogP contribution is -2.60. The minimum Gasteiger partial charge on any atom is -0.426 e. The van der Waals surface area contributed by atoms with Gasteiger partial charge in [-0.25, -0.2) is 4.79 Å². The van der Waals surface area contributed by atoms with Gasteiger partial charge in [0.25, 0.3) is 0 Å². The summed E-state index contributed by atoms with van der Waals surface area (Å²) in [7, 11) is 3.01. The number of hydrogen-bond donors (Lipinski definition) is 1. The van der Waals surface area contributed by atoms with E-state index >= 15 is 0 Å². The van der Waals surface area contributed by atoms with Crippen molar-refractivity contribution in [2.45, 2.75) is 63.3 Å². The minimum absolute atomic E-state index is 0.416. The number of hydrogen-bond acceptors (Lipinski definition) is 7. The molecule has 0 saturated carbocycles. The number of alkyl halides is 5. The van der Waals surface area contributed by atoms with Gasteiger partial charge in [0.1, 0.15) is 24.1 Å². The molecule has 2 aromatic rings. The summed E-state index contributed by atoms with van der Waals surface area (Å²) in [6.45, 7) is 4.23. The number of rotatable bonds is 11. The van der Waals surface area contributed by atoms with Gasteiger partial charge in [-0.05, 0) is 48.7 Å². The summed E-state index contributed by atoms with van der Waals surface area (Å²) in [6.07, 6.45) is -10.9. The van der Waals surface area contributed by atoms with Crippen LogP contribution in [0.3, 0.4) is 0 Å². The second-order valence-electron chi connectivity index (χ2n) is 9.12. The summed E-state index contributed by atoms with van der Waals surface area (Å²) in [6, 6.07) is 11.3. The fourth-order valence-corrected chi connectivity index (χ4v) is 4.06. The molecule has 0 spiro atoms. The smallest absolute Gasteiger partial charge is 0.426 e. The Morgan fingerprint density at radius 1 is 0.902 bits per heavy atom. The van der Waals surface area contributed by atoms with E-state index in [1.54, 1.807) is 50.5 Å². The summed E-state index contributed by atoms with van der Waals surface area (Å²) in [4.78, 5) is 12.6. The summed E-state index contributed by atoms with van der Waals surface area (Å²) < 4.78 is 95.0. The van der Waals surface area contributed by atoms with E-state index < -0.39 is 54.8 Å². The fourth-order valence-electron chi connectivity index (χ4n) is 4.06. The number of methoxy groups -OCH3 is 2. The van der Waals surface area contributed by atoms with Crippen LogP contribution in [0, 0.1) is 0 Å². The van der Waals surface area contributed by atoms with Crippen LogP contribution in [0.15, 0.2) is 48.5 Å². The van der Waals surface area contributed by atoms with Crippen molar-refractivity contribution in [3.05, 3.63) is 59.7 Å². The molecule has 0 unspecified atom stereocenters. The molecule has 2 aromatic carbocycles. The number of halogens is 5. The highest BCUT2D eigenvalue weighted by Crippen LogP contribution is 2.37. The number of carbonyl (C=O) groups excluding carboxylic acids is 1. The third-order valence-corrected chi connectivity index (χ3v) is 6.09. The highest BCUT2D eigenvalue weighted by molar-refractivity contribution is 5.85. The first-order valence-corrected chi connectivity index (χ1v) is 12.7. The van der Waals surface area contributed by atoms with Crippen molar-refractivity contribution in [3.8, 4) is 5.75 Å². The Bertz CT molecular complexity index is 1140. The molecule has 5 atom stereocenters. The second-order valence-corrected chi connectivity index (χ2v) is 9.12. The van der Waals surface area contributed by atoms with Crippen LogP contribution in [-0.4, -0.2) is 69.9 Å². The molecule has 1 aliphatic rings. The van der Waals surface area contributed by atoms with Crippen molar-refractivity contribution >= 4 is 23.9 Å². The molecule has 13 heteroatoms. The molecular weight excluding hydrogens is 557 g/mol. The number of amides is 1. The van der Waals surface area contributed by atoms with Gasteiger partial charge >= 0.3 is 18.4 Å². The molecule has 0 bridgehead atoms. The highest BCUT2D eigenvalue weighted by atomic mass is 19.4. The van der Waals surface area contributed by atoms with E-state index in [1.165, 1.54) is 19.2 Å². The van der Waals surface area contributed by atoms with Crippen molar-refractivity contribution in [1.29, 1.82) is 0 Å². The predicted octanol–water partition coefficient (Wildman–Crippen LogP) is 6.51. The van der Waals surface area contributed by atoms with Gasteiger partial charge in [-0.1, -0.05) is 43.3 Å². The molecule has 1 saturated heterocycles. The van der Waals surface area contributed by atoms with E-state index in [1.807, 2.05) is 6.92 Å². The molecule has 1 amide bonds. The van der Waals surface area contributed by atoms with Crippen LogP contribution >= 0.6 is 0 Å². The largest absolute Gasteiger partial charge is 0.499 e. The molecular formula is C28H32F5NO7. The van der Waals surface area contributed by atoms with Crippen molar-refractivity contribution in [1.82, 2.24) is 0 Å². The standard InChI is InChI=1S/C28H32F5NO7/c1-5-16-38-23-22(36-3)17(2)39-25(24(23)37-4)40-26(35)34-20-12-8-18(9-13-20)6-7-19-10-14-21(15-11-19)41-28(32,33)27(29,30)31/h6-15,17,22-25H,5,16H2,1-4H3,(H,34,35)/b7-6+/t17-,22-,23+,24+,25-/m0/s1. The van der Waals surface area contributed by atoms with Crippen LogP contribution in [0.4, 0.5) is 32.4 Å². The maximum absolute atomic E-state index is 13.0. The molecule has 3 rings (SSSR count). The SMILES string of the molecule is CCCO[C@@H]1[C@@H](OC)[C@H](C)O[C@@H](OC(=O)Nc2ccc(/C=C/c3ccc(OC(F)(F)C(F)(F)F)cc3)cc2)[C@@H]1OC.